The molecule has 0 radical (unpaired) electrons. The molecule has 2 aromatic carbocycles. The lowest BCUT2D eigenvalue weighted by atomic mass is 9.95. The normalized spacial score (nSPS) is 16.3. The molecule has 2 aliphatic rings. The molecule has 6 nitrogen and oxygen atoms in total. The third-order valence-electron chi connectivity index (χ3n) is 7.16. The molecule has 2 amide bonds. The lowest BCUT2D eigenvalue weighted by molar-refractivity contribution is 0.0600. The first-order chi connectivity index (χ1) is 18.0. The van der Waals surface area contributed by atoms with Crippen LogP contribution in [0.3, 0.4) is 0 Å². The fourth-order valence-corrected chi connectivity index (χ4v) is 6.82. The summed E-state index contributed by atoms with van der Waals surface area (Å²) in [5.41, 5.74) is 5.11. The number of carbonyl (C=O) groups excluding carboxylic acids is 2. The second kappa shape index (κ2) is 9.52. The minimum Gasteiger partial charge on any atom is -0.465 e. The Morgan fingerprint density at radius 3 is 2.62 bits per heavy atom. The van der Waals surface area contributed by atoms with Crippen LogP contribution in [0.25, 0.3) is 5.00 Å². The van der Waals surface area contributed by atoms with E-state index in [4.69, 9.17) is 4.74 Å². The van der Waals surface area contributed by atoms with Gasteiger partial charge in [0, 0.05) is 22.3 Å². The van der Waals surface area contributed by atoms with Gasteiger partial charge in [0.25, 0.3) is 0 Å². The second-order valence-corrected chi connectivity index (χ2v) is 10.5. The summed E-state index contributed by atoms with van der Waals surface area (Å²) in [7, 11) is 1.33. The highest BCUT2D eigenvalue weighted by atomic mass is 32.1. The number of aromatic nitrogens is 1. The van der Waals surface area contributed by atoms with Gasteiger partial charge < -0.3 is 19.5 Å². The number of amides is 2. The number of carbonyl (C=O) groups is 2. The Labute approximate surface area is 218 Å². The van der Waals surface area contributed by atoms with Crippen LogP contribution in [0.15, 0.2) is 66.9 Å². The van der Waals surface area contributed by atoms with E-state index in [1.54, 1.807) is 35.2 Å². The van der Waals surface area contributed by atoms with Crippen molar-refractivity contribution in [1.82, 2.24) is 9.47 Å². The van der Waals surface area contributed by atoms with Crippen molar-refractivity contribution in [1.29, 1.82) is 0 Å². The Bertz CT molecular complexity index is 1490. The number of nitrogens with one attached hydrogen (secondary N) is 1. The van der Waals surface area contributed by atoms with E-state index in [2.05, 4.69) is 9.88 Å². The van der Waals surface area contributed by atoms with Crippen LogP contribution in [-0.2, 0) is 24.1 Å². The van der Waals surface area contributed by atoms with E-state index in [1.807, 2.05) is 35.7 Å². The number of fused-ring (bicyclic) bond motifs is 5. The van der Waals surface area contributed by atoms with Crippen LogP contribution in [-0.4, -0.2) is 28.6 Å². The standard InChI is InChI=1S/C29H26FN3O3S/c1-36-28(34)18-11-13-21(14-12-18)31-29(35)33-17-23-22-8-2-3-10-25(22)37-27(23)32-15-5-9-24(32)26(33)19-6-4-7-20(30)16-19/h4-7,9,11-16,26H,2-3,8,10,17H2,1H3,(H,31,35)/t26-/m0/s1. The van der Waals surface area contributed by atoms with Crippen molar-refractivity contribution in [2.45, 2.75) is 38.3 Å². The first kappa shape index (κ1) is 23.5. The van der Waals surface area contributed by atoms with Gasteiger partial charge in [-0.05, 0) is 85.3 Å². The number of benzene rings is 2. The second-order valence-electron chi connectivity index (χ2n) is 9.38. The van der Waals surface area contributed by atoms with Gasteiger partial charge in [0.05, 0.1) is 31.0 Å². The first-order valence-corrected chi connectivity index (χ1v) is 13.2. The first-order valence-electron chi connectivity index (χ1n) is 12.4. The predicted octanol–water partition coefficient (Wildman–Crippen LogP) is 6.48. The third-order valence-corrected chi connectivity index (χ3v) is 8.49. The fourth-order valence-electron chi connectivity index (χ4n) is 5.42. The molecule has 3 heterocycles. The zero-order chi connectivity index (χ0) is 25.5. The maximum Gasteiger partial charge on any atom is 0.337 e. The molecule has 6 rings (SSSR count). The highest BCUT2D eigenvalue weighted by Crippen LogP contribution is 2.44. The Hall–Kier alpha value is -3.91. The molecular formula is C29H26FN3O3S. The van der Waals surface area contributed by atoms with Crippen LogP contribution in [0, 0.1) is 5.82 Å². The van der Waals surface area contributed by atoms with Crippen molar-refractivity contribution < 1.29 is 18.7 Å². The van der Waals surface area contributed by atoms with Crippen LogP contribution in [0.4, 0.5) is 14.9 Å². The Morgan fingerprint density at radius 1 is 1.03 bits per heavy atom. The van der Waals surface area contributed by atoms with Crippen molar-refractivity contribution in [3.05, 3.63) is 106 Å². The highest BCUT2D eigenvalue weighted by molar-refractivity contribution is 7.15. The van der Waals surface area contributed by atoms with Gasteiger partial charge in [0.15, 0.2) is 0 Å². The maximum absolute atomic E-state index is 14.4. The number of nitrogens with zero attached hydrogens (tertiary/aromatic N) is 2. The number of methoxy groups -OCH3 is 1. The van der Waals surface area contributed by atoms with Gasteiger partial charge in [-0.1, -0.05) is 12.1 Å². The van der Waals surface area contributed by atoms with Crippen LogP contribution in [0.1, 0.15) is 56.5 Å². The van der Waals surface area contributed by atoms with E-state index < -0.39 is 12.0 Å². The molecule has 1 atom stereocenters. The molecular weight excluding hydrogens is 489 g/mol. The largest absolute Gasteiger partial charge is 0.465 e. The maximum atomic E-state index is 14.4. The summed E-state index contributed by atoms with van der Waals surface area (Å²) in [6, 6.07) is 16.3. The summed E-state index contributed by atoms with van der Waals surface area (Å²) in [6.45, 7) is 0.413. The van der Waals surface area contributed by atoms with E-state index >= 15 is 0 Å². The van der Waals surface area contributed by atoms with Gasteiger partial charge in [0.1, 0.15) is 10.8 Å². The van der Waals surface area contributed by atoms with Gasteiger partial charge in [-0.15, -0.1) is 11.3 Å². The number of hydrogen-bond acceptors (Lipinski definition) is 4. The fraction of sp³-hybridized carbons (Fsp3) is 0.241. The molecule has 37 heavy (non-hydrogen) atoms. The smallest absolute Gasteiger partial charge is 0.337 e. The molecule has 0 saturated carbocycles. The quantitative estimate of drug-likeness (QED) is 0.318. The SMILES string of the molecule is COC(=O)c1ccc(NC(=O)N2Cc3c(sc4c3CCCC4)-n3cccc3[C@@H]2c2cccc(F)c2)cc1. The molecule has 2 aromatic heterocycles. The third kappa shape index (κ3) is 4.21. The molecule has 1 N–H and O–H groups in total. The summed E-state index contributed by atoms with van der Waals surface area (Å²) in [6.07, 6.45) is 6.43. The minimum absolute atomic E-state index is 0.295. The van der Waals surface area contributed by atoms with E-state index in [0.29, 0.717) is 23.4 Å². The average molecular weight is 516 g/mol. The number of aryl methyl sites for hydroxylation is 1. The predicted molar refractivity (Wildman–Crippen MR) is 141 cm³/mol. The number of ether oxygens (including phenoxy) is 1. The summed E-state index contributed by atoms with van der Waals surface area (Å²) >= 11 is 1.81. The minimum atomic E-state index is -0.487. The molecule has 0 spiro atoms. The van der Waals surface area contributed by atoms with Crippen molar-refractivity contribution in [2.75, 3.05) is 12.4 Å². The average Bonchev–Trinajstić information content (AvgIpc) is 3.50. The highest BCUT2D eigenvalue weighted by Gasteiger charge is 2.36. The van der Waals surface area contributed by atoms with E-state index in [9.17, 15) is 14.0 Å². The summed E-state index contributed by atoms with van der Waals surface area (Å²) in [4.78, 5) is 28.9. The number of rotatable bonds is 3. The Balaban J connectivity index is 1.44. The number of halogens is 1. The molecule has 0 saturated heterocycles. The number of thiophene rings is 1. The molecule has 1 aliphatic carbocycles. The number of esters is 1. The van der Waals surface area contributed by atoms with Gasteiger partial charge in [-0.25, -0.2) is 14.0 Å². The van der Waals surface area contributed by atoms with Gasteiger partial charge in [0.2, 0.25) is 0 Å². The van der Waals surface area contributed by atoms with E-state index in [1.165, 1.54) is 41.7 Å². The molecule has 4 aromatic rings. The monoisotopic (exact) mass is 515 g/mol. The van der Waals surface area contributed by atoms with Crippen molar-refractivity contribution in [3.63, 3.8) is 0 Å². The van der Waals surface area contributed by atoms with E-state index in [0.717, 1.165) is 30.0 Å². The van der Waals surface area contributed by atoms with Gasteiger partial charge >= 0.3 is 12.0 Å². The topological polar surface area (TPSA) is 63.6 Å². The molecule has 0 bridgehead atoms. The summed E-state index contributed by atoms with van der Waals surface area (Å²) in [5, 5.41) is 4.14. The van der Waals surface area contributed by atoms with E-state index in [-0.39, 0.29) is 11.8 Å². The summed E-state index contributed by atoms with van der Waals surface area (Å²) in [5.74, 6) is -0.780. The van der Waals surface area contributed by atoms with Crippen LogP contribution in [0.2, 0.25) is 0 Å². The molecule has 0 unspecified atom stereocenters. The van der Waals surface area contributed by atoms with Gasteiger partial charge in [-0.2, -0.15) is 0 Å². The lowest BCUT2D eigenvalue weighted by Gasteiger charge is -2.31. The van der Waals surface area contributed by atoms with Crippen LogP contribution in [0.5, 0.6) is 0 Å². The number of urea groups is 1. The Kier molecular flexibility index (Phi) is 6.04. The zero-order valence-electron chi connectivity index (χ0n) is 20.4. The number of hydrogen-bond donors (Lipinski definition) is 1. The van der Waals surface area contributed by atoms with Crippen LogP contribution >= 0.6 is 11.3 Å². The lowest BCUT2D eigenvalue weighted by Crippen LogP contribution is -2.38. The molecule has 0 fully saturated rings. The summed E-state index contributed by atoms with van der Waals surface area (Å²) < 4.78 is 21.3. The van der Waals surface area contributed by atoms with Crippen molar-refractivity contribution in [3.8, 4) is 5.00 Å². The van der Waals surface area contributed by atoms with Crippen molar-refractivity contribution in [2.24, 2.45) is 0 Å². The molecule has 8 heteroatoms. The zero-order valence-corrected chi connectivity index (χ0v) is 21.2. The molecule has 188 valence electrons. The van der Waals surface area contributed by atoms with Gasteiger partial charge in [-0.3, -0.25) is 0 Å². The number of anilines is 1. The molecule has 1 aliphatic heterocycles. The van der Waals surface area contributed by atoms with Crippen LogP contribution < -0.4 is 5.32 Å². The Morgan fingerprint density at radius 2 is 1.84 bits per heavy atom. The van der Waals surface area contributed by atoms with Crippen molar-refractivity contribution >= 4 is 29.0 Å².